The molecule has 0 aromatic carbocycles. The van der Waals surface area contributed by atoms with Crippen LogP contribution in [-0.2, 0) is 22.6 Å². The van der Waals surface area contributed by atoms with Crippen LogP contribution < -0.4 is 21.9 Å². The number of carbonyl (C=O) groups is 1. The summed E-state index contributed by atoms with van der Waals surface area (Å²) >= 11 is 0. The van der Waals surface area contributed by atoms with Gasteiger partial charge in [-0.2, -0.15) is 4.68 Å². The molecule has 13 nitrogen and oxygen atoms in total. The monoisotopic (exact) mass is 409 g/mol. The van der Waals surface area contributed by atoms with Crippen molar-refractivity contribution in [3.05, 3.63) is 43.2 Å². The molecule has 0 radical (unpaired) electrons. The molecular formula is C16H23N7O6. The second-order valence-electron chi connectivity index (χ2n) is 6.66. The Balaban J connectivity index is 2.45. The zero-order valence-electron chi connectivity index (χ0n) is 16.3. The van der Waals surface area contributed by atoms with E-state index in [1.807, 2.05) is 13.8 Å². The van der Waals surface area contributed by atoms with Crippen molar-refractivity contribution in [3.8, 4) is 0 Å². The number of amides is 1. The van der Waals surface area contributed by atoms with Gasteiger partial charge in [-0.3, -0.25) is 19.1 Å². The standard InChI is InChI=1S/C16H23N7O6/c1-10(2)8-22-14(17)13(15(25)18-16(22)26)21(6-7-29-3)12(24)9-20-5-4-11(19-20)23(27)28/h4-5,10H,6-9,17H2,1-3H3,(H,18,25,26). The van der Waals surface area contributed by atoms with Gasteiger partial charge in [0.05, 0.1) is 24.0 Å². The number of nitrogens with two attached hydrogens (primary N) is 1. The highest BCUT2D eigenvalue weighted by Crippen LogP contribution is 2.18. The first-order valence-electron chi connectivity index (χ1n) is 8.75. The first kappa shape index (κ1) is 21.8. The Labute approximate surface area is 164 Å². The number of aromatic nitrogens is 4. The van der Waals surface area contributed by atoms with Gasteiger partial charge in [0.1, 0.15) is 12.4 Å². The number of nitrogens with one attached hydrogen (secondary N) is 1. The number of carbonyl (C=O) groups excluding carboxylic acids is 1. The maximum Gasteiger partial charge on any atom is 0.389 e. The van der Waals surface area contributed by atoms with Crippen LogP contribution in [0.1, 0.15) is 13.8 Å². The summed E-state index contributed by atoms with van der Waals surface area (Å²) in [7, 11) is 1.42. The van der Waals surface area contributed by atoms with Crippen LogP contribution in [0.2, 0.25) is 0 Å². The lowest BCUT2D eigenvalue weighted by molar-refractivity contribution is -0.389. The number of aromatic amines is 1. The third-order valence-electron chi connectivity index (χ3n) is 3.96. The van der Waals surface area contributed by atoms with Crippen molar-refractivity contribution < 1.29 is 14.5 Å². The molecule has 0 saturated heterocycles. The summed E-state index contributed by atoms with van der Waals surface area (Å²) < 4.78 is 7.27. The summed E-state index contributed by atoms with van der Waals surface area (Å²) in [6.07, 6.45) is 1.28. The van der Waals surface area contributed by atoms with Crippen LogP contribution >= 0.6 is 0 Å². The molecule has 0 aliphatic rings. The Bertz CT molecular complexity index is 1010. The van der Waals surface area contributed by atoms with Crippen LogP contribution in [0.15, 0.2) is 21.9 Å². The van der Waals surface area contributed by atoms with Gasteiger partial charge in [0, 0.05) is 20.2 Å². The highest BCUT2D eigenvalue weighted by atomic mass is 16.6. The molecule has 1 amide bonds. The van der Waals surface area contributed by atoms with E-state index in [1.54, 1.807) is 0 Å². The number of methoxy groups -OCH3 is 1. The molecule has 2 heterocycles. The van der Waals surface area contributed by atoms with Gasteiger partial charge in [0.2, 0.25) is 0 Å². The molecule has 0 bridgehead atoms. The van der Waals surface area contributed by atoms with E-state index in [9.17, 15) is 24.5 Å². The van der Waals surface area contributed by atoms with Crippen LogP contribution in [0.5, 0.6) is 0 Å². The molecule has 29 heavy (non-hydrogen) atoms. The quantitative estimate of drug-likeness (QED) is 0.414. The second kappa shape index (κ2) is 9.14. The third kappa shape index (κ3) is 5.07. The number of anilines is 2. The Morgan fingerprint density at radius 1 is 1.45 bits per heavy atom. The first-order valence-corrected chi connectivity index (χ1v) is 8.75. The fourth-order valence-electron chi connectivity index (χ4n) is 2.69. The number of nitro groups is 1. The van der Waals surface area contributed by atoms with Gasteiger partial charge in [-0.25, -0.2) is 4.79 Å². The number of ether oxygens (including phenoxy) is 1. The SMILES string of the molecule is COCCN(C(=O)Cn1ccc([N+](=O)[O-])n1)c1c(N)n(CC(C)C)c(=O)[nH]c1=O. The lowest BCUT2D eigenvalue weighted by Crippen LogP contribution is -2.44. The molecule has 2 aromatic rings. The van der Waals surface area contributed by atoms with Gasteiger partial charge in [0.15, 0.2) is 5.69 Å². The molecule has 0 aliphatic heterocycles. The largest absolute Gasteiger partial charge is 0.389 e. The Morgan fingerprint density at radius 2 is 2.14 bits per heavy atom. The van der Waals surface area contributed by atoms with E-state index in [1.165, 1.54) is 17.9 Å². The number of H-pyrrole nitrogens is 1. The van der Waals surface area contributed by atoms with Crippen molar-refractivity contribution in [1.82, 2.24) is 19.3 Å². The van der Waals surface area contributed by atoms with Crippen LogP contribution in [0.4, 0.5) is 17.3 Å². The Kier molecular flexibility index (Phi) is 6.88. The lowest BCUT2D eigenvalue weighted by Gasteiger charge is -2.24. The highest BCUT2D eigenvalue weighted by Gasteiger charge is 2.26. The lowest BCUT2D eigenvalue weighted by atomic mass is 10.2. The Morgan fingerprint density at radius 3 is 2.69 bits per heavy atom. The van der Waals surface area contributed by atoms with Crippen molar-refractivity contribution in [1.29, 1.82) is 0 Å². The van der Waals surface area contributed by atoms with E-state index < -0.39 is 27.9 Å². The van der Waals surface area contributed by atoms with E-state index in [0.29, 0.717) is 0 Å². The molecule has 13 heteroatoms. The predicted molar refractivity (Wildman–Crippen MR) is 104 cm³/mol. The van der Waals surface area contributed by atoms with Gasteiger partial charge >= 0.3 is 11.5 Å². The molecule has 3 N–H and O–H groups in total. The number of hydrogen-bond acceptors (Lipinski definition) is 8. The topological polar surface area (TPSA) is 171 Å². The summed E-state index contributed by atoms with van der Waals surface area (Å²) in [5, 5.41) is 14.5. The highest BCUT2D eigenvalue weighted by molar-refractivity contribution is 5.95. The molecule has 158 valence electrons. The fraction of sp³-hybridized carbons (Fsp3) is 0.500. The van der Waals surface area contributed by atoms with Gasteiger partial charge in [-0.15, -0.1) is 0 Å². The van der Waals surface area contributed by atoms with Crippen LogP contribution in [0.3, 0.4) is 0 Å². The van der Waals surface area contributed by atoms with Crippen molar-refractivity contribution >= 4 is 23.2 Å². The van der Waals surface area contributed by atoms with Gasteiger partial charge in [-0.05, 0) is 10.8 Å². The zero-order chi connectivity index (χ0) is 21.7. The maximum atomic E-state index is 12.9. The normalized spacial score (nSPS) is 11.0. The van der Waals surface area contributed by atoms with E-state index in [2.05, 4.69) is 10.1 Å². The molecule has 0 atom stereocenters. The predicted octanol–water partition coefficient (Wildman–Crippen LogP) is -0.441. The van der Waals surface area contributed by atoms with E-state index >= 15 is 0 Å². The molecule has 0 unspecified atom stereocenters. The van der Waals surface area contributed by atoms with Crippen molar-refractivity contribution in [2.45, 2.75) is 26.9 Å². The molecule has 0 saturated carbocycles. The average Bonchev–Trinajstić information content (AvgIpc) is 3.09. The summed E-state index contributed by atoms with van der Waals surface area (Å²) in [5.41, 5.74) is 4.40. The molecule has 0 aliphatic carbocycles. The van der Waals surface area contributed by atoms with Crippen molar-refractivity contribution in [3.63, 3.8) is 0 Å². The van der Waals surface area contributed by atoms with Gasteiger partial charge in [0.25, 0.3) is 11.5 Å². The van der Waals surface area contributed by atoms with Crippen LogP contribution in [0, 0.1) is 16.0 Å². The third-order valence-corrected chi connectivity index (χ3v) is 3.96. The molecule has 2 rings (SSSR count). The average molecular weight is 409 g/mol. The molecule has 2 aromatic heterocycles. The smallest absolute Gasteiger partial charge is 0.383 e. The van der Waals surface area contributed by atoms with Crippen molar-refractivity contribution in [2.75, 3.05) is 30.9 Å². The van der Waals surface area contributed by atoms with E-state index in [-0.39, 0.29) is 43.7 Å². The summed E-state index contributed by atoms with van der Waals surface area (Å²) in [5.74, 6) is -1.11. The Hall–Kier alpha value is -3.48. The molecule has 0 spiro atoms. The van der Waals surface area contributed by atoms with Gasteiger partial charge < -0.3 is 25.5 Å². The minimum Gasteiger partial charge on any atom is -0.383 e. The first-order chi connectivity index (χ1) is 13.6. The van der Waals surface area contributed by atoms with E-state index in [0.717, 1.165) is 15.6 Å². The number of nitrogen functional groups attached to an aromatic ring is 1. The van der Waals surface area contributed by atoms with E-state index in [4.69, 9.17) is 10.5 Å². The summed E-state index contributed by atoms with van der Waals surface area (Å²) in [6, 6.07) is 1.15. The summed E-state index contributed by atoms with van der Waals surface area (Å²) in [6.45, 7) is 3.68. The number of hydrogen-bond donors (Lipinski definition) is 2. The minimum absolute atomic E-state index is 0.0220. The fourth-order valence-corrected chi connectivity index (χ4v) is 2.69. The van der Waals surface area contributed by atoms with Crippen LogP contribution in [-0.4, -0.2) is 50.4 Å². The maximum absolute atomic E-state index is 12.9. The summed E-state index contributed by atoms with van der Waals surface area (Å²) in [4.78, 5) is 50.8. The molecular weight excluding hydrogens is 386 g/mol. The number of rotatable bonds is 9. The zero-order valence-corrected chi connectivity index (χ0v) is 16.3. The number of nitrogens with zero attached hydrogens (tertiary/aromatic N) is 5. The van der Waals surface area contributed by atoms with Crippen molar-refractivity contribution in [2.24, 2.45) is 5.92 Å². The second-order valence-corrected chi connectivity index (χ2v) is 6.66. The minimum atomic E-state index is -0.816. The van der Waals surface area contributed by atoms with Crippen LogP contribution in [0.25, 0.3) is 0 Å². The molecule has 0 fully saturated rings. The van der Waals surface area contributed by atoms with Gasteiger partial charge in [-0.1, -0.05) is 13.8 Å².